The summed E-state index contributed by atoms with van der Waals surface area (Å²) in [5.41, 5.74) is 5.16. The molecule has 2 nitrogen and oxygen atoms in total. The molecule has 0 rings (SSSR count). The van der Waals surface area contributed by atoms with Crippen molar-refractivity contribution in [2.24, 2.45) is 10.7 Å². The van der Waals surface area contributed by atoms with Gasteiger partial charge in [0.05, 0.1) is 0 Å². The van der Waals surface area contributed by atoms with Gasteiger partial charge in [0.2, 0.25) is 0 Å². The Morgan fingerprint density at radius 3 is 2.88 bits per heavy atom. The zero-order chi connectivity index (χ0) is 6.24. The maximum absolute atomic E-state index is 5.16. The Bertz CT molecular complexity index is 59.5. The van der Waals surface area contributed by atoms with Gasteiger partial charge in [0.15, 0.2) is 0 Å². The molecule has 0 saturated heterocycles. The Balaban J connectivity index is 2.80. The highest BCUT2D eigenvalue weighted by Gasteiger charge is 1.74. The van der Waals surface area contributed by atoms with E-state index in [-0.39, 0.29) is 0 Å². The summed E-state index contributed by atoms with van der Waals surface area (Å²) in [7, 11) is 0. The number of nitrogens with two attached hydrogens (primary N) is 1. The number of nitrogens with zero attached hydrogens (tertiary/aromatic N) is 1. The van der Waals surface area contributed by atoms with Crippen LogP contribution in [0.15, 0.2) is 4.99 Å². The van der Waals surface area contributed by atoms with Gasteiger partial charge in [-0.05, 0) is 6.42 Å². The summed E-state index contributed by atoms with van der Waals surface area (Å²) >= 11 is 0. The molecule has 2 N–H and O–H groups in total. The monoisotopic (exact) mass is 114 g/mol. The molecule has 0 aliphatic heterocycles. The van der Waals surface area contributed by atoms with E-state index in [4.69, 9.17) is 5.73 Å². The molecule has 0 spiro atoms. The molecule has 0 aromatic rings. The molecule has 0 fully saturated rings. The van der Waals surface area contributed by atoms with Crippen molar-refractivity contribution in [3.05, 3.63) is 0 Å². The van der Waals surface area contributed by atoms with Crippen LogP contribution in [-0.4, -0.2) is 19.3 Å². The lowest BCUT2D eigenvalue weighted by atomic mass is 10.3. The zero-order valence-electron chi connectivity index (χ0n) is 5.43. The average molecular weight is 114 g/mol. The van der Waals surface area contributed by atoms with Crippen LogP contribution in [0, 0.1) is 0 Å². The van der Waals surface area contributed by atoms with Gasteiger partial charge in [-0.15, -0.1) is 0 Å². The van der Waals surface area contributed by atoms with Crippen LogP contribution in [0.1, 0.15) is 19.8 Å². The maximum atomic E-state index is 5.16. The van der Waals surface area contributed by atoms with Crippen LogP contribution in [0.2, 0.25) is 0 Å². The molecule has 0 heterocycles. The largest absolute Gasteiger partial charge is 0.326 e. The van der Waals surface area contributed by atoms with Crippen LogP contribution in [0.25, 0.3) is 0 Å². The average Bonchev–Trinajstić information content (AvgIpc) is 1.81. The first kappa shape index (κ1) is 7.63. The fourth-order valence-corrected chi connectivity index (χ4v) is 0.415. The highest BCUT2D eigenvalue weighted by Crippen LogP contribution is 1.84. The first-order valence-electron chi connectivity index (χ1n) is 3.10. The SMILES string of the molecule is CCCCN=CCN. The Morgan fingerprint density at radius 1 is 1.62 bits per heavy atom. The van der Waals surface area contributed by atoms with E-state index in [2.05, 4.69) is 11.9 Å². The molecule has 2 heteroatoms. The van der Waals surface area contributed by atoms with Crippen LogP contribution in [0.5, 0.6) is 0 Å². The third-order valence-electron chi connectivity index (χ3n) is 0.875. The van der Waals surface area contributed by atoms with Gasteiger partial charge in [-0.1, -0.05) is 13.3 Å². The predicted octanol–water partition coefficient (Wildman–Crippen LogP) is 0.816. The van der Waals surface area contributed by atoms with Crippen molar-refractivity contribution in [2.75, 3.05) is 13.1 Å². The molecule has 0 aliphatic carbocycles. The van der Waals surface area contributed by atoms with Crippen LogP contribution in [0.4, 0.5) is 0 Å². The van der Waals surface area contributed by atoms with Crippen LogP contribution >= 0.6 is 0 Å². The summed E-state index contributed by atoms with van der Waals surface area (Å²) in [5.74, 6) is 0. The minimum Gasteiger partial charge on any atom is -0.326 e. The van der Waals surface area contributed by atoms with E-state index in [1.54, 1.807) is 6.21 Å². The van der Waals surface area contributed by atoms with E-state index in [0.717, 1.165) is 6.54 Å². The lowest BCUT2D eigenvalue weighted by Crippen LogP contribution is -1.99. The third kappa shape index (κ3) is 5.63. The summed E-state index contributed by atoms with van der Waals surface area (Å²) in [5, 5.41) is 0. The Morgan fingerprint density at radius 2 is 2.38 bits per heavy atom. The van der Waals surface area contributed by atoms with Crippen LogP contribution in [0.3, 0.4) is 0 Å². The van der Waals surface area contributed by atoms with Gasteiger partial charge in [0.1, 0.15) is 0 Å². The van der Waals surface area contributed by atoms with E-state index in [1.807, 2.05) is 0 Å². The lowest BCUT2D eigenvalue weighted by molar-refractivity contribution is 0.809. The maximum Gasteiger partial charge on any atom is 0.0385 e. The fraction of sp³-hybridized carbons (Fsp3) is 0.833. The second-order valence-corrected chi connectivity index (χ2v) is 1.68. The molecule has 0 amide bonds. The zero-order valence-corrected chi connectivity index (χ0v) is 5.43. The normalized spacial score (nSPS) is 10.8. The van der Waals surface area contributed by atoms with Crippen molar-refractivity contribution < 1.29 is 0 Å². The number of rotatable bonds is 4. The van der Waals surface area contributed by atoms with Gasteiger partial charge in [0.25, 0.3) is 0 Å². The Labute approximate surface area is 50.8 Å². The molecule has 0 aromatic heterocycles. The number of hydrogen-bond donors (Lipinski definition) is 1. The van der Waals surface area contributed by atoms with Crippen molar-refractivity contribution in [3.8, 4) is 0 Å². The molecule has 0 bridgehead atoms. The molecular weight excluding hydrogens is 100 g/mol. The number of unbranched alkanes of at least 4 members (excludes halogenated alkanes) is 1. The van der Waals surface area contributed by atoms with Crippen molar-refractivity contribution in [1.82, 2.24) is 0 Å². The van der Waals surface area contributed by atoms with Gasteiger partial charge in [-0.2, -0.15) is 0 Å². The molecule has 0 radical (unpaired) electrons. The van der Waals surface area contributed by atoms with Crippen LogP contribution < -0.4 is 5.73 Å². The second kappa shape index (κ2) is 6.63. The van der Waals surface area contributed by atoms with Gasteiger partial charge in [-0.25, -0.2) is 0 Å². The highest BCUT2D eigenvalue weighted by molar-refractivity contribution is 5.58. The molecule has 0 aromatic carbocycles. The highest BCUT2D eigenvalue weighted by atomic mass is 14.7. The van der Waals surface area contributed by atoms with E-state index in [1.165, 1.54) is 12.8 Å². The molecule has 0 unspecified atom stereocenters. The lowest BCUT2D eigenvalue weighted by Gasteiger charge is -1.86. The molecule has 0 atom stereocenters. The van der Waals surface area contributed by atoms with E-state index in [0.29, 0.717) is 6.54 Å². The Hall–Kier alpha value is -0.370. The molecule has 8 heavy (non-hydrogen) atoms. The summed E-state index contributed by atoms with van der Waals surface area (Å²) < 4.78 is 0. The van der Waals surface area contributed by atoms with Gasteiger partial charge in [0, 0.05) is 19.3 Å². The van der Waals surface area contributed by atoms with Crippen molar-refractivity contribution >= 4 is 6.21 Å². The number of hydrogen-bond acceptors (Lipinski definition) is 2. The first-order valence-corrected chi connectivity index (χ1v) is 3.10. The van der Waals surface area contributed by atoms with Crippen molar-refractivity contribution in [1.29, 1.82) is 0 Å². The van der Waals surface area contributed by atoms with E-state index in [9.17, 15) is 0 Å². The summed E-state index contributed by atoms with van der Waals surface area (Å²) in [6.07, 6.45) is 4.15. The summed E-state index contributed by atoms with van der Waals surface area (Å²) in [6.45, 7) is 3.66. The minimum atomic E-state index is 0.573. The van der Waals surface area contributed by atoms with Crippen molar-refractivity contribution in [3.63, 3.8) is 0 Å². The van der Waals surface area contributed by atoms with Gasteiger partial charge < -0.3 is 5.73 Å². The summed E-state index contributed by atoms with van der Waals surface area (Å²) in [4.78, 5) is 4.03. The number of aliphatic imine (C=N–C) groups is 1. The molecular formula is C6H14N2. The topological polar surface area (TPSA) is 38.4 Å². The smallest absolute Gasteiger partial charge is 0.0385 e. The quantitative estimate of drug-likeness (QED) is 0.426. The van der Waals surface area contributed by atoms with Crippen LogP contribution in [-0.2, 0) is 0 Å². The minimum absolute atomic E-state index is 0.573. The molecule has 0 aliphatic rings. The molecule has 48 valence electrons. The van der Waals surface area contributed by atoms with Gasteiger partial charge >= 0.3 is 0 Å². The Kier molecular flexibility index (Phi) is 6.32. The summed E-state index contributed by atoms with van der Waals surface area (Å²) in [6, 6.07) is 0. The molecule has 0 saturated carbocycles. The van der Waals surface area contributed by atoms with E-state index >= 15 is 0 Å². The first-order chi connectivity index (χ1) is 3.91. The second-order valence-electron chi connectivity index (χ2n) is 1.68. The standard InChI is InChI=1S/C6H14N2/c1-2-3-5-8-6-4-7/h6H,2-5,7H2,1H3. The van der Waals surface area contributed by atoms with E-state index < -0.39 is 0 Å². The van der Waals surface area contributed by atoms with Crippen molar-refractivity contribution in [2.45, 2.75) is 19.8 Å². The predicted molar refractivity (Wildman–Crippen MR) is 37.3 cm³/mol. The fourth-order valence-electron chi connectivity index (χ4n) is 0.415. The third-order valence-corrected chi connectivity index (χ3v) is 0.875. The van der Waals surface area contributed by atoms with Gasteiger partial charge in [-0.3, -0.25) is 4.99 Å².